The first-order valence-corrected chi connectivity index (χ1v) is 9.10. The molecule has 1 amide bonds. The molecule has 0 aliphatic heterocycles. The first kappa shape index (κ1) is 18.8. The Hall–Kier alpha value is -2.95. The highest BCUT2D eigenvalue weighted by atomic mass is 16.5. The van der Waals surface area contributed by atoms with Crippen LogP contribution >= 0.6 is 0 Å². The number of nitrogens with zero attached hydrogens (tertiary/aromatic N) is 2. The summed E-state index contributed by atoms with van der Waals surface area (Å²) in [6.07, 6.45) is 4.25. The van der Waals surface area contributed by atoms with Crippen LogP contribution < -0.4 is 5.32 Å². The van der Waals surface area contributed by atoms with Gasteiger partial charge in [-0.05, 0) is 42.0 Å². The van der Waals surface area contributed by atoms with E-state index in [-0.39, 0.29) is 11.3 Å². The molecule has 0 saturated heterocycles. The van der Waals surface area contributed by atoms with Crippen LogP contribution in [-0.2, 0) is 11.8 Å². The van der Waals surface area contributed by atoms with Crippen molar-refractivity contribution in [3.05, 3.63) is 71.2 Å². The predicted molar refractivity (Wildman–Crippen MR) is 106 cm³/mol. The van der Waals surface area contributed by atoms with Crippen molar-refractivity contribution in [3.8, 4) is 11.3 Å². The number of aryl methyl sites for hydroxylation is 1. The predicted octanol–water partition coefficient (Wildman–Crippen LogP) is 4.32. The SMILES string of the molecule is Cc1noc(-c2ccc(C(C)(C)C)cc2)c1C(=O)NCCc1ccncc1. The molecule has 3 aromatic rings. The highest BCUT2D eigenvalue weighted by molar-refractivity contribution is 6.00. The Morgan fingerprint density at radius 3 is 2.37 bits per heavy atom. The molecule has 0 bridgehead atoms. The Kier molecular flexibility index (Phi) is 5.40. The van der Waals surface area contributed by atoms with E-state index in [0.29, 0.717) is 23.6 Å². The summed E-state index contributed by atoms with van der Waals surface area (Å²) < 4.78 is 5.47. The zero-order valence-corrected chi connectivity index (χ0v) is 16.2. The summed E-state index contributed by atoms with van der Waals surface area (Å²) in [5.41, 5.74) is 4.36. The molecule has 0 spiro atoms. The van der Waals surface area contributed by atoms with E-state index in [4.69, 9.17) is 4.52 Å². The minimum atomic E-state index is -0.169. The molecule has 5 nitrogen and oxygen atoms in total. The van der Waals surface area contributed by atoms with Crippen LogP contribution in [0, 0.1) is 6.92 Å². The van der Waals surface area contributed by atoms with Crippen LogP contribution in [0.1, 0.15) is 48.0 Å². The lowest BCUT2D eigenvalue weighted by Gasteiger charge is -2.18. The average Bonchev–Trinajstić information content (AvgIpc) is 3.03. The molecule has 3 rings (SSSR count). The summed E-state index contributed by atoms with van der Waals surface area (Å²) in [6.45, 7) is 8.83. The van der Waals surface area contributed by atoms with Gasteiger partial charge in [0.1, 0.15) is 5.56 Å². The third-order valence-corrected chi connectivity index (χ3v) is 4.55. The summed E-state index contributed by atoms with van der Waals surface area (Å²) in [5, 5.41) is 6.97. The van der Waals surface area contributed by atoms with Crippen LogP contribution in [-0.4, -0.2) is 22.6 Å². The first-order valence-electron chi connectivity index (χ1n) is 9.10. The Morgan fingerprint density at radius 1 is 1.07 bits per heavy atom. The van der Waals surface area contributed by atoms with Crippen LogP contribution in [0.5, 0.6) is 0 Å². The summed E-state index contributed by atoms with van der Waals surface area (Å²) in [7, 11) is 0. The molecule has 0 aliphatic carbocycles. The number of benzene rings is 1. The lowest BCUT2D eigenvalue weighted by Crippen LogP contribution is -2.26. The Labute approximate surface area is 159 Å². The number of hydrogen-bond acceptors (Lipinski definition) is 4. The number of rotatable bonds is 5. The lowest BCUT2D eigenvalue weighted by molar-refractivity contribution is 0.0954. The second kappa shape index (κ2) is 7.74. The van der Waals surface area contributed by atoms with Crippen molar-refractivity contribution in [1.29, 1.82) is 0 Å². The molecule has 1 aromatic carbocycles. The van der Waals surface area contributed by atoms with Crippen LogP contribution in [0.3, 0.4) is 0 Å². The van der Waals surface area contributed by atoms with Crippen LogP contribution in [0.2, 0.25) is 0 Å². The Balaban J connectivity index is 1.75. The smallest absolute Gasteiger partial charge is 0.257 e. The Bertz CT molecular complexity index is 907. The van der Waals surface area contributed by atoms with Crippen molar-refractivity contribution in [1.82, 2.24) is 15.5 Å². The van der Waals surface area contributed by atoms with Crippen LogP contribution in [0.15, 0.2) is 53.3 Å². The molecule has 0 radical (unpaired) electrons. The molecule has 0 atom stereocenters. The maximum absolute atomic E-state index is 12.7. The number of carbonyl (C=O) groups excluding carboxylic acids is 1. The topological polar surface area (TPSA) is 68.0 Å². The standard InChI is InChI=1S/C22H25N3O2/c1-15-19(21(26)24-14-11-16-9-12-23-13-10-16)20(27-25-15)17-5-7-18(8-6-17)22(2,3)4/h5-10,12-13H,11,14H2,1-4H3,(H,24,26). The summed E-state index contributed by atoms with van der Waals surface area (Å²) in [4.78, 5) is 16.7. The summed E-state index contributed by atoms with van der Waals surface area (Å²) in [5.74, 6) is 0.340. The maximum Gasteiger partial charge on any atom is 0.257 e. The normalized spacial score (nSPS) is 11.4. The number of hydrogen-bond donors (Lipinski definition) is 1. The second-order valence-corrected chi connectivity index (χ2v) is 7.66. The van der Waals surface area contributed by atoms with E-state index in [1.165, 1.54) is 5.56 Å². The zero-order valence-electron chi connectivity index (χ0n) is 16.2. The van der Waals surface area contributed by atoms with E-state index < -0.39 is 0 Å². The van der Waals surface area contributed by atoms with Crippen molar-refractivity contribution in [2.24, 2.45) is 0 Å². The summed E-state index contributed by atoms with van der Waals surface area (Å²) in [6, 6.07) is 12.0. The van der Waals surface area contributed by atoms with Gasteiger partial charge in [-0.25, -0.2) is 0 Å². The zero-order chi connectivity index (χ0) is 19.4. The highest BCUT2D eigenvalue weighted by Crippen LogP contribution is 2.29. The van der Waals surface area contributed by atoms with Gasteiger partial charge in [0, 0.05) is 24.5 Å². The number of nitrogens with one attached hydrogen (secondary N) is 1. The van der Waals surface area contributed by atoms with Gasteiger partial charge in [-0.1, -0.05) is 50.2 Å². The van der Waals surface area contributed by atoms with Gasteiger partial charge in [-0.15, -0.1) is 0 Å². The van der Waals surface area contributed by atoms with Gasteiger partial charge in [0.15, 0.2) is 5.76 Å². The molecule has 0 aliphatic rings. The molecule has 2 aromatic heterocycles. The summed E-state index contributed by atoms with van der Waals surface area (Å²) >= 11 is 0. The monoisotopic (exact) mass is 363 g/mol. The van der Waals surface area contributed by atoms with E-state index in [9.17, 15) is 4.79 Å². The highest BCUT2D eigenvalue weighted by Gasteiger charge is 2.22. The van der Waals surface area contributed by atoms with Crippen molar-refractivity contribution in [2.45, 2.75) is 39.5 Å². The van der Waals surface area contributed by atoms with Gasteiger partial charge in [-0.2, -0.15) is 0 Å². The second-order valence-electron chi connectivity index (χ2n) is 7.66. The van der Waals surface area contributed by atoms with Crippen molar-refractivity contribution < 1.29 is 9.32 Å². The molecule has 140 valence electrons. The van der Waals surface area contributed by atoms with Crippen LogP contribution in [0.4, 0.5) is 0 Å². The fourth-order valence-corrected chi connectivity index (χ4v) is 2.91. The van der Waals surface area contributed by atoms with E-state index in [0.717, 1.165) is 17.5 Å². The van der Waals surface area contributed by atoms with Gasteiger partial charge >= 0.3 is 0 Å². The maximum atomic E-state index is 12.7. The first-order chi connectivity index (χ1) is 12.9. The third kappa shape index (κ3) is 4.42. The number of pyridine rings is 1. The van der Waals surface area contributed by atoms with E-state index in [1.807, 2.05) is 24.3 Å². The fourth-order valence-electron chi connectivity index (χ4n) is 2.91. The Morgan fingerprint density at radius 2 is 1.74 bits per heavy atom. The molecule has 5 heteroatoms. The molecule has 0 fully saturated rings. The van der Waals surface area contributed by atoms with Crippen molar-refractivity contribution >= 4 is 5.91 Å². The molecule has 1 N–H and O–H groups in total. The third-order valence-electron chi connectivity index (χ3n) is 4.55. The van der Waals surface area contributed by atoms with E-state index in [2.05, 4.69) is 48.4 Å². The quantitative estimate of drug-likeness (QED) is 0.733. The van der Waals surface area contributed by atoms with Crippen LogP contribution in [0.25, 0.3) is 11.3 Å². The molecule has 0 saturated carbocycles. The molecule has 27 heavy (non-hydrogen) atoms. The lowest BCUT2D eigenvalue weighted by atomic mass is 9.86. The van der Waals surface area contributed by atoms with Gasteiger partial charge in [-0.3, -0.25) is 9.78 Å². The molecular weight excluding hydrogens is 338 g/mol. The largest absolute Gasteiger partial charge is 0.355 e. The van der Waals surface area contributed by atoms with E-state index in [1.54, 1.807) is 19.3 Å². The number of aromatic nitrogens is 2. The van der Waals surface area contributed by atoms with Gasteiger partial charge in [0.25, 0.3) is 5.91 Å². The molecule has 0 unspecified atom stereocenters. The number of carbonyl (C=O) groups is 1. The number of amides is 1. The molecule has 2 heterocycles. The minimum Gasteiger partial charge on any atom is -0.355 e. The fraction of sp³-hybridized carbons (Fsp3) is 0.318. The van der Waals surface area contributed by atoms with Gasteiger partial charge in [0.05, 0.1) is 5.69 Å². The van der Waals surface area contributed by atoms with Gasteiger partial charge < -0.3 is 9.84 Å². The molecular formula is C22H25N3O2. The van der Waals surface area contributed by atoms with Crippen molar-refractivity contribution in [2.75, 3.05) is 6.54 Å². The minimum absolute atomic E-state index is 0.0724. The van der Waals surface area contributed by atoms with Gasteiger partial charge in [0.2, 0.25) is 0 Å². The van der Waals surface area contributed by atoms with Crippen molar-refractivity contribution in [3.63, 3.8) is 0 Å². The van der Waals surface area contributed by atoms with E-state index >= 15 is 0 Å². The average molecular weight is 363 g/mol.